The Morgan fingerprint density at radius 2 is 1.74 bits per heavy atom. The number of aliphatic hydroxyl groups excluding tert-OH is 1. The molecule has 8 heteroatoms. The molecule has 2 saturated heterocycles. The number of allylic oxidation sites excluding steroid dienone is 11. The van der Waals surface area contributed by atoms with Gasteiger partial charge in [0.05, 0.1) is 23.2 Å². The van der Waals surface area contributed by atoms with Gasteiger partial charge in [-0.3, -0.25) is 4.79 Å². The maximum absolute atomic E-state index is 15.3. The molecule has 232 valence electrons. The van der Waals surface area contributed by atoms with E-state index in [2.05, 4.69) is 23.8 Å². The number of hydrogen-bond donors (Lipinski definition) is 1. The highest BCUT2D eigenvalue weighted by Crippen LogP contribution is 2.70. The molecule has 0 radical (unpaired) electrons. The van der Waals surface area contributed by atoms with Crippen LogP contribution < -0.4 is 0 Å². The fourth-order valence-corrected chi connectivity index (χ4v) is 8.56. The number of ketones is 1. The maximum atomic E-state index is 15.3. The average molecular weight is 594 g/mol. The minimum atomic E-state index is -4.74. The van der Waals surface area contributed by atoms with E-state index < -0.39 is 41.5 Å². The summed E-state index contributed by atoms with van der Waals surface area (Å²) >= 11 is 0. The van der Waals surface area contributed by atoms with E-state index in [4.69, 9.17) is 9.31 Å². The number of carbonyl (C=O) groups excluding carboxylic acids is 1. The van der Waals surface area contributed by atoms with Crippen LogP contribution in [0.15, 0.2) is 84.7 Å². The van der Waals surface area contributed by atoms with E-state index in [-0.39, 0.29) is 30.3 Å². The topological polar surface area (TPSA) is 58.8 Å². The average Bonchev–Trinajstić information content (AvgIpc) is 3.49. The summed E-state index contributed by atoms with van der Waals surface area (Å²) in [5.74, 6) is -1.61. The molecule has 43 heavy (non-hydrogen) atoms. The molecule has 2 aliphatic heterocycles. The number of aliphatic hydroxyl groups is 1. The summed E-state index contributed by atoms with van der Waals surface area (Å²) in [7, 11) is -4.74. The van der Waals surface area contributed by atoms with E-state index in [0.717, 1.165) is 29.9 Å². The smallest absolute Gasteiger partial charge is 0.641 e. The van der Waals surface area contributed by atoms with Crippen molar-refractivity contribution in [2.45, 2.75) is 78.4 Å². The van der Waals surface area contributed by atoms with Crippen LogP contribution in [0.2, 0.25) is 0 Å². The van der Waals surface area contributed by atoms with Gasteiger partial charge < -0.3 is 23.0 Å². The molecule has 4 fully saturated rings. The van der Waals surface area contributed by atoms with Gasteiger partial charge in [0.2, 0.25) is 0 Å². The summed E-state index contributed by atoms with van der Waals surface area (Å²) in [6.07, 6.45) is 18.0. The number of fused-ring (bicyclic) bond motifs is 4. The standard InChI is InChI=1S/C35H46BF2NO4/c1-7-19-34-23-26(15-11-24(3)4)33(5,6)35(20-8-2,32(34)41)30(40)29-28(42-36(37,38)43-31(29)34)18-14-25-12-16-27(17-13-25)39-21-9-10-22-39/h7-8,11-14,16-18,26,29,31-32,41H,1-2,9-10,15,19-23H2,3-6H3/b28-18-/t26-,29?,31?,32?,34-,35+/m1/s1. The first-order valence-electron chi connectivity index (χ1n) is 15.7. The minimum Gasteiger partial charge on any atom is -0.641 e. The lowest BCUT2D eigenvalue weighted by Crippen LogP contribution is -2.76. The largest absolute Gasteiger partial charge is 0.663 e. The third kappa shape index (κ3) is 5.18. The van der Waals surface area contributed by atoms with Crippen molar-refractivity contribution in [3.8, 4) is 0 Å². The number of carbonyl (C=O) groups is 1. The van der Waals surface area contributed by atoms with Crippen molar-refractivity contribution >= 4 is 18.6 Å². The van der Waals surface area contributed by atoms with Gasteiger partial charge in [-0.15, -0.1) is 13.2 Å². The number of nitrogens with zero attached hydrogens (tertiary/aromatic N) is 1. The fraction of sp³-hybridized carbons (Fsp3) is 0.543. The summed E-state index contributed by atoms with van der Waals surface area (Å²) in [6.45, 7) is 18.0. The summed E-state index contributed by atoms with van der Waals surface area (Å²) < 4.78 is 43.7. The quantitative estimate of drug-likeness (QED) is 0.195. The summed E-state index contributed by atoms with van der Waals surface area (Å²) in [5, 5.41) is 12.3. The molecule has 0 spiro atoms. The Morgan fingerprint density at radius 1 is 1.09 bits per heavy atom. The highest BCUT2D eigenvalue weighted by Gasteiger charge is 2.75. The molecule has 0 aromatic carbocycles. The molecule has 5 rings (SSSR count). The third-order valence-electron chi connectivity index (χ3n) is 10.9. The van der Waals surface area contributed by atoms with Gasteiger partial charge in [0, 0.05) is 36.5 Å². The third-order valence-corrected chi connectivity index (χ3v) is 10.9. The first-order chi connectivity index (χ1) is 20.3. The molecular formula is C35H46BF2NO4. The molecule has 2 bridgehead atoms. The maximum Gasteiger partial charge on any atom is 0.663 e. The Bertz CT molecular complexity index is 1340. The first kappa shape index (κ1) is 31.6. The zero-order valence-corrected chi connectivity index (χ0v) is 26.0. The molecule has 2 saturated carbocycles. The molecule has 3 unspecified atom stereocenters. The molecule has 0 aromatic rings. The molecule has 2 heterocycles. The Balaban J connectivity index is 1.63. The van der Waals surface area contributed by atoms with E-state index in [1.165, 1.54) is 18.9 Å². The van der Waals surface area contributed by atoms with Crippen LogP contribution in [0.3, 0.4) is 0 Å². The Labute approximate surface area is 255 Å². The molecular weight excluding hydrogens is 547 g/mol. The van der Waals surface area contributed by atoms with Gasteiger partial charge in [0.1, 0.15) is 13.1 Å². The second-order valence-corrected chi connectivity index (χ2v) is 13.8. The summed E-state index contributed by atoms with van der Waals surface area (Å²) in [6, 6.07) is 0. The van der Waals surface area contributed by atoms with Crippen molar-refractivity contribution in [1.82, 2.24) is 0 Å². The fourth-order valence-electron chi connectivity index (χ4n) is 8.56. The lowest BCUT2D eigenvalue weighted by Gasteiger charge is -2.70. The Morgan fingerprint density at radius 3 is 2.35 bits per heavy atom. The zero-order chi connectivity index (χ0) is 31.2. The van der Waals surface area contributed by atoms with Crippen LogP contribution in [0.4, 0.5) is 8.63 Å². The molecule has 1 N–H and O–H groups in total. The van der Waals surface area contributed by atoms with Gasteiger partial charge >= 0.3 is 7.11 Å². The predicted octanol–water partition coefficient (Wildman–Crippen LogP) is 7.05. The highest BCUT2D eigenvalue weighted by molar-refractivity contribution is 6.52. The monoisotopic (exact) mass is 593 g/mol. The van der Waals surface area contributed by atoms with Crippen molar-refractivity contribution in [3.63, 3.8) is 0 Å². The zero-order valence-electron chi connectivity index (χ0n) is 26.0. The Hall–Kier alpha value is -2.84. The normalized spacial score (nSPS) is 36.7. The SMILES string of the molecule is C=CC[C@@]12C[C@@H](CC=C(C)C)C(C)(C)[C@@](CC=C)(C(=O)C3/C(=C/C=C4C=CC(=[N+]5CCCC5)C=C4)O[B-](F)(F)OC31)C2O. The predicted molar refractivity (Wildman–Crippen MR) is 168 cm³/mol. The van der Waals surface area contributed by atoms with Crippen LogP contribution in [-0.4, -0.2) is 53.6 Å². The van der Waals surface area contributed by atoms with Gasteiger partial charge in [-0.2, -0.15) is 0 Å². The van der Waals surface area contributed by atoms with Crippen LogP contribution in [0, 0.1) is 28.1 Å². The second-order valence-electron chi connectivity index (χ2n) is 13.8. The number of rotatable bonds is 7. The van der Waals surface area contributed by atoms with E-state index >= 15 is 8.63 Å². The van der Waals surface area contributed by atoms with Crippen LogP contribution in [0.5, 0.6) is 0 Å². The van der Waals surface area contributed by atoms with Gasteiger partial charge in [0.15, 0.2) is 11.5 Å². The van der Waals surface area contributed by atoms with E-state index in [9.17, 15) is 9.90 Å². The van der Waals surface area contributed by atoms with Gasteiger partial charge in [0.25, 0.3) is 0 Å². The van der Waals surface area contributed by atoms with Crippen molar-refractivity contribution in [3.05, 3.63) is 84.7 Å². The lowest BCUT2D eigenvalue weighted by molar-refractivity contribution is -0.504. The van der Waals surface area contributed by atoms with Crippen molar-refractivity contribution in [2.75, 3.05) is 13.1 Å². The van der Waals surface area contributed by atoms with Gasteiger partial charge in [-0.1, -0.05) is 43.7 Å². The first-order valence-corrected chi connectivity index (χ1v) is 15.7. The molecule has 0 amide bonds. The molecule has 5 aliphatic rings. The van der Waals surface area contributed by atoms with Crippen LogP contribution in [0.25, 0.3) is 0 Å². The summed E-state index contributed by atoms with van der Waals surface area (Å²) in [5.41, 5.74) is -0.0374. The summed E-state index contributed by atoms with van der Waals surface area (Å²) in [4.78, 5) is 14.9. The number of halogens is 2. The Kier molecular flexibility index (Phi) is 8.51. The van der Waals surface area contributed by atoms with Gasteiger partial charge in [-0.05, 0) is 74.7 Å². The lowest BCUT2D eigenvalue weighted by atomic mass is 9.36. The van der Waals surface area contributed by atoms with Gasteiger partial charge in [-0.25, -0.2) is 4.58 Å². The van der Waals surface area contributed by atoms with Crippen molar-refractivity contribution in [1.29, 1.82) is 0 Å². The van der Waals surface area contributed by atoms with Crippen molar-refractivity contribution in [2.24, 2.45) is 28.1 Å². The van der Waals surface area contributed by atoms with Crippen LogP contribution in [-0.2, 0) is 14.1 Å². The number of hydrogen-bond acceptors (Lipinski definition) is 4. The second kappa shape index (κ2) is 11.6. The van der Waals surface area contributed by atoms with Crippen LogP contribution in [0.1, 0.15) is 66.2 Å². The highest BCUT2D eigenvalue weighted by atomic mass is 19.3. The minimum absolute atomic E-state index is 0.0729. The molecule has 6 atom stereocenters. The van der Waals surface area contributed by atoms with E-state index in [1.807, 2.05) is 52.0 Å². The molecule has 3 aliphatic carbocycles. The van der Waals surface area contributed by atoms with Crippen LogP contribution >= 0.6 is 0 Å². The molecule has 5 nitrogen and oxygen atoms in total. The number of Topliss-reactive ketones (excluding diaryl/α,β-unsaturated/α-hetero) is 1. The van der Waals surface area contributed by atoms with E-state index in [0.29, 0.717) is 12.8 Å². The molecule has 0 aromatic heterocycles. The van der Waals surface area contributed by atoms with E-state index in [1.54, 1.807) is 18.2 Å². The van der Waals surface area contributed by atoms with Crippen molar-refractivity contribution < 1.29 is 32.4 Å².